The highest BCUT2D eigenvalue weighted by Crippen LogP contribution is 2.41. The molecule has 3 fully saturated rings. The minimum absolute atomic E-state index is 0.106. The van der Waals surface area contributed by atoms with Crippen LogP contribution in [0.4, 0.5) is 0 Å². The van der Waals surface area contributed by atoms with Crippen LogP contribution in [0.25, 0.3) is 10.7 Å². The van der Waals surface area contributed by atoms with E-state index in [1.54, 1.807) is 13.0 Å². The quantitative estimate of drug-likeness (QED) is 0.695. The van der Waals surface area contributed by atoms with Gasteiger partial charge >= 0.3 is 0 Å². The average Bonchev–Trinajstić information content (AvgIpc) is 3.15. The van der Waals surface area contributed by atoms with Crippen molar-refractivity contribution in [3.05, 3.63) is 16.8 Å². The first-order valence-electron chi connectivity index (χ1n) is 10.7. The number of likely N-dealkylation sites (tertiary alicyclic amines) is 1. The summed E-state index contributed by atoms with van der Waals surface area (Å²) >= 11 is 1.37. The lowest BCUT2D eigenvalue weighted by Gasteiger charge is -2.33. The predicted octanol–water partition coefficient (Wildman–Crippen LogP) is 3.01. The van der Waals surface area contributed by atoms with Gasteiger partial charge in [-0.05, 0) is 51.5 Å². The van der Waals surface area contributed by atoms with Gasteiger partial charge in [0.05, 0.1) is 15.7 Å². The Kier molecular flexibility index (Phi) is 5.19. The highest BCUT2D eigenvalue weighted by atomic mass is 32.2. The van der Waals surface area contributed by atoms with E-state index in [4.69, 9.17) is 4.52 Å². The molecule has 0 aromatic carbocycles. The number of rotatable bonds is 5. The van der Waals surface area contributed by atoms with Gasteiger partial charge in [-0.2, -0.15) is 9.29 Å². The number of hydrogen-bond acceptors (Lipinski definition) is 7. The van der Waals surface area contributed by atoms with E-state index in [9.17, 15) is 13.2 Å². The van der Waals surface area contributed by atoms with Crippen molar-refractivity contribution < 1.29 is 17.7 Å². The van der Waals surface area contributed by atoms with Gasteiger partial charge in [-0.3, -0.25) is 4.79 Å². The largest absolute Gasteiger partial charge is 0.342 e. The zero-order valence-corrected chi connectivity index (χ0v) is 18.7. The second kappa shape index (κ2) is 7.72. The average molecular weight is 451 g/mol. The number of aryl methyl sites for hydroxylation is 1. The van der Waals surface area contributed by atoms with E-state index >= 15 is 0 Å². The molecule has 8 nitrogen and oxygen atoms in total. The van der Waals surface area contributed by atoms with Gasteiger partial charge in [0.1, 0.15) is 0 Å². The molecule has 1 aliphatic carbocycles. The van der Waals surface area contributed by atoms with E-state index in [2.05, 4.69) is 10.1 Å². The molecule has 5 rings (SSSR count). The van der Waals surface area contributed by atoms with Crippen LogP contribution in [0.3, 0.4) is 0 Å². The monoisotopic (exact) mass is 450 g/mol. The minimum Gasteiger partial charge on any atom is -0.342 e. The van der Waals surface area contributed by atoms with E-state index in [1.165, 1.54) is 15.6 Å². The molecule has 10 heteroatoms. The van der Waals surface area contributed by atoms with Gasteiger partial charge in [0, 0.05) is 37.0 Å². The van der Waals surface area contributed by atoms with Gasteiger partial charge in [0.25, 0.3) is 0 Å². The Bertz CT molecular complexity index is 1050. The van der Waals surface area contributed by atoms with Crippen molar-refractivity contribution in [3.8, 4) is 10.7 Å². The van der Waals surface area contributed by atoms with Crippen LogP contribution in [-0.4, -0.2) is 59.8 Å². The summed E-state index contributed by atoms with van der Waals surface area (Å²) in [7, 11) is -3.68. The third kappa shape index (κ3) is 3.69. The number of piperidine rings is 1. The van der Waals surface area contributed by atoms with Crippen LogP contribution in [0, 0.1) is 12.8 Å². The van der Waals surface area contributed by atoms with Crippen LogP contribution in [0.1, 0.15) is 55.2 Å². The van der Waals surface area contributed by atoms with Crippen LogP contribution in [-0.2, 0) is 14.8 Å². The number of sulfonamides is 1. The molecule has 0 unspecified atom stereocenters. The number of thiophene rings is 1. The number of carbonyl (C=O) groups is 1. The summed E-state index contributed by atoms with van der Waals surface area (Å²) in [6, 6.07) is 1.66. The predicted molar refractivity (Wildman–Crippen MR) is 112 cm³/mol. The minimum atomic E-state index is -3.68. The lowest BCUT2D eigenvalue weighted by molar-refractivity contribution is -0.135. The molecule has 0 bridgehead atoms. The fourth-order valence-electron chi connectivity index (χ4n) is 4.36. The molecule has 0 N–H and O–H groups in total. The van der Waals surface area contributed by atoms with Crippen molar-refractivity contribution in [1.82, 2.24) is 19.3 Å². The van der Waals surface area contributed by atoms with Crippen LogP contribution < -0.4 is 0 Å². The Morgan fingerprint density at radius 2 is 1.93 bits per heavy atom. The number of carbonyl (C=O) groups excluding carboxylic acids is 1. The summed E-state index contributed by atoms with van der Waals surface area (Å²) in [5.41, 5.74) is 0. The molecular weight excluding hydrogens is 424 g/mol. The molecule has 2 aromatic heterocycles. The van der Waals surface area contributed by atoms with Gasteiger partial charge in [-0.25, -0.2) is 8.42 Å². The van der Waals surface area contributed by atoms with E-state index in [0.717, 1.165) is 45.2 Å². The Morgan fingerprint density at radius 3 is 2.67 bits per heavy atom. The van der Waals surface area contributed by atoms with Gasteiger partial charge < -0.3 is 9.42 Å². The first-order valence-corrected chi connectivity index (χ1v) is 12.9. The molecular formula is C20H26N4O4S2. The Hall–Kier alpha value is -1.78. The molecule has 0 radical (unpaired) electrons. The van der Waals surface area contributed by atoms with Gasteiger partial charge in [-0.1, -0.05) is 5.16 Å². The van der Waals surface area contributed by atoms with Crippen molar-refractivity contribution in [3.63, 3.8) is 0 Å². The molecule has 3 aliphatic rings. The number of hydrogen-bond donors (Lipinski definition) is 0. The van der Waals surface area contributed by atoms with Crippen molar-refractivity contribution in [2.24, 2.45) is 5.92 Å². The molecule has 30 heavy (non-hydrogen) atoms. The van der Waals surface area contributed by atoms with Crippen molar-refractivity contribution >= 4 is 27.3 Å². The number of nitrogens with zero attached hydrogens (tertiary/aromatic N) is 4. The molecule has 4 heterocycles. The summed E-state index contributed by atoms with van der Waals surface area (Å²) in [6.07, 6.45) is 5.66. The fourth-order valence-corrected chi connectivity index (χ4v) is 7.37. The summed E-state index contributed by atoms with van der Waals surface area (Å²) in [5.74, 6) is 1.30. The van der Waals surface area contributed by atoms with E-state index in [-0.39, 0.29) is 23.3 Å². The lowest BCUT2D eigenvalue weighted by Crippen LogP contribution is -2.46. The molecule has 2 aromatic rings. The van der Waals surface area contributed by atoms with Gasteiger partial charge in [0.2, 0.25) is 27.6 Å². The zero-order valence-electron chi connectivity index (χ0n) is 17.0. The molecule has 1 amide bonds. The maximum Gasteiger partial charge on any atom is 0.244 e. The van der Waals surface area contributed by atoms with Gasteiger partial charge in [0.15, 0.2) is 0 Å². The summed E-state index contributed by atoms with van der Waals surface area (Å²) in [4.78, 5) is 20.8. The molecule has 1 saturated carbocycles. The van der Waals surface area contributed by atoms with Gasteiger partial charge in [-0.15, -0.1) is 11.3 Å². The zero-order chi connectivity index (χ0) is 20.9. The normalized spacial score (nSPS) is 23.2. The molecule has 2 aliphatic heterocycles. The fraction of sp³-hybridized carbons (Fsp3) is 0.650. The van der Waals surface area contributed by atoms with Crippen LogP contribution in [0.2, 0.25) is 0 Å². The highest BCUT2D eigenvalue weighted by molar-refractivity contribution is 7.89. The Morgan fingerprint density at radius 1 is 1.17 bits per heavy atom. The van der Waals surface area contributed by atoms with E-state index < -0.39 is 10.0 Å². The summed E-state index contributed by atoms with van der Waals surface area (Å²) in [5, 5.41) is 4.04. The van der Waals surface area contributed by atoms with Crippen LogP contribution >= 0.6 is 11.3 Å². The van der Waals surface area contributed by atoms with Crippen molar-refractivity contribution in [2.45, 2.75) is 56.3 Å². The number of aromatic nitrogens is 2. The first kappa shape index (κ1) is 20.1. The first-order chi connectivity index (χ1) is 14.4. The Labute approximate surface area is 180 Å². The summed E-state index contributed by atoms with van der Waals surface area (Å²) < 4.78 is 33.6. The smallest absolute Gasteiger partial charge is 0.244 e. The molecule has 0 spiro atoms. The topological polar surface area (TPSA) is 96.6 Å². The third-order valence-corrected chi connectivity index (χ3v) is 9.40. The lowest BCUT2D eigenvalue weighted by atomic mass is 9.98. The molecule has 162 valence electrons. The third-order valence-electron chi connectivity index (χ3n) is 6.23. The second-order valence-corrected chi connectivity index (χ2v) is 11.7. The van der Waals surface area contributed by atoms with Crippen molar-refractivity contribution in [2.75, 3.05) is 26.2 Å². The molecule has 2 saturated heterocycles. The maximum absolute atomic E-state index is 13.4. The van der Waals surface area contributed by atoms with Crippen LogP contribution in [0.15, 0.2) is 15.5 Å². The van der Waals surface area contributed by atoms with E-state index in [1.807, 2.05) is 4.90 Å². The maximum atomic E-state index is 13.4. The van der Waals surface area contributed by atoms with Crippen LogP contribution in [0.5, 0.6) is 0 Å². The molecule has 1 atom stereocenters. The Balaban J connectivity index is 1.36. The van der Waals surface area contributed by atoms with Crippen molar-refractivity contribution in [1.29, 1.82) is 0 Å². The second-order valence-electron chi connectivity index (χ2n) is 8.50. The highest BCUT2D eigenvalue weighted by Gasteiger charge is 2.37. The standard InChI is InChI=1S/C20H26N4O4S2/c1-13-17(11-16(29-13)18-21-19(28-22-18)14-6-7-14)30(26,27)24-10-4-5-15(12-24)20(25)23-8-2-3-9-23/h11,14-15H,2-10,12H2,1H3/t15-/m0/s1. The number of amides is 1. The van der Waals surface area contributed by atoms with E-state index in [0.29, 0.717) is 40.4 Å². The summed E-state index contributed by atoms with van der Waals surface area (Å²) in [6.45, 7) is 4.10. The SMILES string of the molecule is Cc1sc(-c2noc(C3CC3)n2)cc1S(=O)(=O)N1CCC[C@H](C(=O)N2CCCC2)C1.